The number of halogens is 1. The molecule has 1 amide bonds. The predicted molar refractivity (Wildman–Crippen MR) is 98.6 cm³/mol. The maximum absolute atomic E-state index is 11.7. The number of hydrazone groups is 1. The summed E-state index contributed by atoms with van der Waals surface area (Å²) in [7, 11) is 0. The number of amides is 1. The molecule has 2 aromatic rings. The number of rotatable bonds is 8. The molecule has 0 unspecified atom stereocenters. The standard InChI is InChI=1S/C17H21BrN2OS/c1-2-3-4-5-6-11-16(21)20-19-12-14-13-9-7-8-10-15(13)22-17(14)18/h7-10,12H,2-6,11H2,1H3,(H,20,21)/b19-12-. The van der Waals surface area contributed by atoms with Crippen LogP contribution in [-0.2, 0) is 4.79 Å². The van der Waals surface area contributed by atoms with Gasteiger partial charge in [-0.25, -0.2) is 5.43 Å². The van der Waals surface area contributed by atoms with E-state index in [4.69, 9.17) is 0 Å². The Labute approximate surface area is 143 Å². The Bertz CT molecular complexity index is 651. The molecular weight excluding hydrogens is 360 g/mol. The number of nitrogens with one attached hydrogen (secondary N) is 1. The highest BCUT2D eigenvalue weighted by Crippen LogP contribution is 2.33. The van der Waals surface area contributed by atoms with Crippen LogP contribution in [0.1, 0.15) is 51.0 Å². The first-order valence-electron chi connectivity index (χ1n) is 7.71. The van der Waals surface area contributed by atoms with E-state index in [0.717, 1.165) is 27.6 Å². The quantitative estimate of drug-likeness (QED) is 0.367. The molecule has 5 heteroatoms. The Balaban J connectivity index is 1.84. The van der Waals surface area contributed by atoms with Crippen LogP contribution < -0.4 is 5.43 Å². The monoisotopic (exact) mass is 380 g/mol. The first kappa shape index (κ1) is 17.2. The van der Waals surface area contributed by atoms with Crippen LogP contribution in [-0.4, -0.2) is 12.1 Å². The molecule has 1 aromatic heterocycles. The minimum Gasteiger partial charge on any atom is -0.273 e. The fourth-order valence-electron chi connectivity index (χ4n) is 2.27. The lowest BCUT2D eigenvalue weighted by Crippen LogP contribution is -2.16. The van der Waals surface area contributed by atoms with Crippen LogP contribution in [0.5, 0.6) is 0 Å². The van der Waals surface area contributed by atoms with Crippen molar-refractivity contribution in [2.75, 3.05) is 0 Å². The second-order valence-corrected chi connectivity index (χ2v) is 7.61. The number of hydrogen-bond donors (Lipinski definition) is 1. The van der Waals surface area contributed by atoms with Gasteiger partial charge < -0.3 is 0 Å². The van der Waals surface area contributed by atoms with Crippen molar-refractivity contribution in [3.63, 3.8) is 0 Å². The number of fused-ring (bicyclic) bond motifs is 1. The van der Waals surface area contributed by atoms with Gasteiger partial charge in [0.2, 0.25) is 5.91 Å². The number of hydrogen-bond acceptors (Lipinski definition) is 3. The van der Waals surface area contributed by atoms with E-state index >= 15 is 0 Å². The van der Waals surface area contributed by atoms with Crippen LogP contribution in [0.3, 0.4) is 0 Å². The smallest absolute Gasteiger partial charge is 0.240 e. The van der Waals surface area contributed by atoms with E-state index in [1.54, 1.807) is 17.6 Å². The van der Waals surface area contributed by atoms with Gasteiger partial charge in [-0.3, -0.25) is 4.79 Å². The molecule has 1 heterocycles. The van der Waals surface area contributed by atoms with Crippen LogP contribution in [0.4, 0.5) is 0 Å². The van der Waals surface area contributed by atoms with E-state index in [-0.39, 0.29) is 5.91 Å². The molecule has 0 fully saturated rings. The Morgan fingerprint density at radius 2 is 2.05 bits per heavy atom. The van der Waals surface area contributed by atoms with Crippen molar-refractivity contribution in [1.82, 2.24) is 5.43 Å². The second kappa shape index (κ2) is 9.06. The van der Waals surface area contributed by atoms with Gasteiger partial charge in [0.05, 0.1) is 10.0 Å². The molecule has 0 bridgehead atoms. The van der Waals surface area contributed by atoms with E-state index < -0.39 is 0 Å². The summed E-state index contributed by atoms with van der Waals surface area (Å²) in [6.45, 7) is 2.19. The molecular formula is C17H21BrN2OS. The van der Waals surface area contributed by atoms with Gasteiger partial charge in [0.25, 0.3) is 0 Å². The number of nitrogens with zero attached hydrogens (tertiary/aromatic N) is 1. The summed E-state index contributed by atoms with van der Waals surface area (Å²) in [5, 5.41) is 5.24. The van der Waals surface area contributed by atoms with Crippen LogP contribution in [0.2, 0.25) is 0 Å². The predicted octanol–water partition coefficient (Wildman–Crippen LogP) is 5.47. The summed E-state index contributed by atoms with van der Waals surface area (Å²) >= 11 is 5.23. The lowest BCUT2D eigenvalue weighted by atomic mass is 10.1. The molecule has 3 nitrogen and oxygen atoms in total. The highest BCUT2D eigenvalue weighted by molar-refractivity contribution is 9.11. The second-order valence-electron chi connectivity index (χ2n) is 5.24. The van der Waals surface area contributed by atoms with Gasteiger partial charge in [-0.1, -0.05) is 50.8 Å². The average Bonchev–Trinajstić information content (AvgIpc) is 2.83. The van der Waals surface area contributed by atoms with Gasteiger partial charge in [-0.2, -0.15) is 5.10 Å². The molecule has 2 rings (SSSR count). The first-order valence-corrected chi connectivity index (χ1v) is 9.32. The van der Waals surface area contributed by atoms with Crippen molar-refractivity contribution in [2.45, 2.75) is 45.4 Å². The number of thiophene rings is 1. The Morgan fingerprint density at radius 3 is 2.86 bits per heavy atom. The molecule has 118 valence electrons. The van der Waals surface area contributed by atoms with Gasteiger partial charge in [0.1, 0.15) is 0 Å². The van der Waals surface area contributed by atoms with E-state index in [1.165, 1.54) is 24.0 Å². The maximum Gasteiger partial charge on any atom is 0.240 e. The molecule has 0 aliphatic heterocycles. The van der Waals surface area contributed by atoms with Crippen molar-refractivity contribution in [2.24, 2.45) is 5.10 Å². The largest absolute Gasteiger partial charge is 0.273 e. The maximum atomic E-state index is 11.7. The number of unbranched alkanes of at least 4 members (excludes halogenated alkanes) is 4. The van der Waals surface area contributed by atoms with E-state index in [1.807, 2.05) is 12.1 Å². The summed E-state index contributed by atoms with van der Waals surface area (Å²) < 4.78 is 2.24. The van der Waals surface area contributed by atoms with Crippen LogP contribution in [0.25, 0.3) is 10.1 Å². The number of carbonyl (C=O) groups is 1. The van der Waals surface area contributed by atoms with Gasteiger partial charge >= 0.3 is 0 Å². The molecule has 22 heavy (non-hydrogen) atoms. The van der Waals surface area contributed by atoms with Gasteiger partial charge in [0, 0.05) is 22.1 Å². The normalized spacial score (nSPS) is 11.4. The molecule has 1 aromatic carbocycles. The molecule has 0 aliphatic carbocycles. The average molecular weight is 381 g/mol. The highest BCUT2D eigenvalue weighted by atomic mass is 79.9. The minimum atomic E-state index is -0.0107. The third kappa shape index (κ3) is 4.92. The number of benzene rings is 1. The van der Waals surface area contributed by atoms with Gasteiger partial charge in [0.15, 0.2) is 0 Å². The Morgan fingerprint density at radius 1 is 1.27 bits per heavy atom. The molecule has 0 atom stereocenters. The summed E-state index contributed by atoms with van der Waals surface area (Å²) in [6.07, 6.45) is 8.00. The third-order valence-corrected chi connectivity index (χ3v) is 5.37. The minimum absolute atomic E-state index is 0.0107. The summed E-state index contributed by atoms with van der Waals surface area (Å²) in [5.41, 5.74) is 3.64. The lowest BCUT2D eigenvalue weighted by molar-refractivity contribution is -0.121. The zero-order chi connectivity index (χ0) is 15.8. The number of carbonyl (C=O) groups excluding carboxylic acids is 1. The first-order chi connectivity index (χ1) is 10.7. The van der Waals surface area contributed by atoms with E-state index in [2.05, 4.69) is 45.5 Å². The third-order valence-electron chi connectivity index (χ3n) is 3.48. The Kier molecular flexibility index (Phi) is 7.06. The van der Waals surface area contributed by atoms with Crippen LogP contribution in [0, 0.1) is 0 Å². The van der Waals surface area contributed by atoms with Crippen LogP contribution in [0.15, 0.2) is 33.2 Å². The van der Waals surface area contributed by atoms with Crippen molar-refractivity contribution < 1.29 is 4.79 Å². The highest BCUT2D eigenvalue weighted by Gasteiger charge is 2.07. The summed E-state index contributed by atoms with van der Waals surface area (Å²) in [4.78, 5) is 11.7. The summed E-state index contributed by atoms with van der Waals surface area (Å²) in [6, 6.07) is 8.17. The lowest BCUT2D eigenvalue weighted by Gasteiger charge is -2.00. The zero-order valence-corrected chi connectivity index (χ0v) is 15.2. The van der Waals surface area contributed by atoms with Crippen molar-refractivity contribution in [3.05, 3.63) is 33.6 Å². The topological polar surface area (TPSA) is 41.5 Å². The van der Waals surface area contributed by atoms with E-state index in [9.17, 15) is 4.79 Å². The molecule has 1 N–H and O–H groups in total. The van der Waals surface area contributed by atoms with Crippen molar-refractivity contribution in [3.8, 4) is 0 Å². The van der Waals surface area contributed by atoms with E-state index in [0.29, 0.717) is 6.42 Å². The van der Waals surface area contributed by atoms with Crippen LogP contribution >= 0.6 is 27.3 Å². The molecule has 0 radical (unpaired) electrons. The molecule has 0 aliphatic rings. The van der Waals surface area contributed by atoms with Crippen molar-refractivity contribution in [1.29, 1.82) is 0 Å². The zero-order valence-electron chi connectivity index (χ0n) is 12.8. The fourth-order valence-corrected chi connectivity index (χ4v) is 4.01. The van der Waals surface area contributed by atoms with Crippen molar-refractivity contribution >= 4 is 49.5 Å². The molecule has 0 spiro atoms. The van der Waals surface area contributed by atoms with Gasteiger partial charge in [-0.15, -0.1) is 11.3 Å². The van der Waals surface area contributed by atoms with Gasteiger partial charge in [-0.05, 0) is 28.4 Å². The molecule has 0 saturated carbocycles. The fraction of sp³-hybridized carbons (Fsp3) is 0.412. The SMILES string of the molecule is CCCCCCCC(=O)N/N=C\c1c(Br)sc2ccccc12. The Hall–Kier alpha value is -1.20. The summed E-state index contributed by atoms with van der Waals surface area (Å²) in [5.74, 6) is -0.0107. The molecule has 0 saturated heterocycles.